The Labute approximate surface area is 151 Å². The van der Waals surface area contributed by atoms with Crippen LogP contribution in [0.3, 0.4) is 0 Å². The third-order valence-electron chi connectivity index (χ3n) is 3.75. The molecule has 1 aliphatic rings. The number of ether oxygens (including phenoxy) is 1. The SMILES string of the molecule is CCOc1ccc(S(=O)(=O)NC2CCSc3ccc(Cl)cc32)cc1. The number of nitrogens with one attached hydrogen (secondary N) is 1. The fourth-order valence-electron chi connectivity index (χ4n) is 2.62. The second-order valence-corrected chi connectivity index (χ2v) is 8.68. The van der Waals surface area contributed by atoms with Gasteiger partial charge in [0.05, 0.1) is 11.5 Å². The molecule has 2 aromatic carbocycles. The minimum atomic E-state index is -3.61. The lowest BCUT2D eigenvalue weighted by Crippen LogP contribution is -2.30. The highest BCUT2D eigenvalue weighted by Crippen LogP contribution is 2.38. The molecule has 0 fully saturated rings. The van der Waals surface area contributed by atoms with Crippen molar-refractivity contribution in [2.45, 2.75) is 29.2 Å². The third-order valence-corrected chi connectivity index (χ3v) is 6.60. The lowest BCUT2D eigenvalue weighted by Gasteiger charge is -2.26. The van der Waals surface area contributed by atoms with Gasteiger partial charge in [-0.25, -0.2) is 13.1 Å². The van der Waals surface area contributed by atoms with Crippen molar-refractivity contribution in [3.63, 3.8) is 0 Å². The molecule has 1 aliphatic heterocycles. The van der Waals surface area contributed by atoms with E-state index < -0.39 is 10.0 Å². The number of halogens is 1. The van der Waals surface area contributed by atoms with Gasteiger partial charge in [0, 0.05) is 16.0 Å². The van der Waals surface area contributed by atoms with E-state index in [0.717, 1.165) is 22.6 Å². The second-order valence-electron chi connectivity index (χ2n) is 5.40. The van der Waals surface area contributed by atoms with Gasteiger partial charge in [-0.1, -0.05) is 11.6 Å². The summed E-state index contributed by atoms with van der Waals surface area (Å²) in [5.41, 5.74) is 0.938. The molecule has 1 atom stereocenters. The first-order valence-electron chi connectivity index (χ1n) is 7.67. The molecule has 3 rings (SSSR count). The third kappa shape index (κ3) is 3.88. The quantitative estimate of drug-likeness (QED) is 0.838. The Morgan fingerprint density at radius 2 is 2.00 bits per heavy atom. The normalized spacial score (nSPS) is 17.3. The van der Waals surface area contributed by atoms with Crippen LogP contribution >= 0.6 is 23.4 Å². The van der Waals surface area contributed by atoms with Crippen molar-refractivity contribution in [2.75, 3.05) is 12.4 Å². The van der Waals surface area contributed by atoms with E-state index in [1.54, 1.807) is 36.0 Å². The number of hydrogen-bond donors (Lipinski definition) is 1. The zero-order valence-electron chi connectivity index (χ0n) is 13.2. The Kier molecular flexibility index (Phi) is 5.39. The predicted octanol–water partition coefficient (Wildman–Crippen LogP) is 4.25. The molecule has 0 saturated heterocycles. The van der Waals surface area contributed by atoms with E-state index >= 15 is 0 Å². The van der Waals surface area contributed by atoms with Crippen molar-refractivity contribution in [3.05, 3.63) is 53.1 Å². The largest absolute Gasteiger partial charge is 0.494 e. The molecular formula is C17H18ClNO3S2. The van der Waals surface area contributed by atoms with Crippen molar-refractivity contribution in [1.29, 1.82) is 0 Å². The van der Waals surface area contributed by atoms with E-state index in [4.69, 9.17) is 16.3 Å². The van der Waals surface area contributed by atoms with Gasteiger partial charge in [0.25, 0.3) is 0 Å². The maximum absolute atomic E-state index is 12.7. The zero-order valence-corrected chi connectivity index (χ0v) is 15.5. The smallest absolute Gasteiger partial charge is 0.241 e. The molecule has 0 saturated carbocycles. The molecule has 1 heterocycles. The second kappa shape index (κ2) is 7.35. The van der Waals surface area contributed by atoms with Crippen molar-refractivity contribution in [2.24, 2.45) is 0 Å². The first kappa shape index (κ1) is 17.6. The monoisotopic (exact) mass is 383 g/mol. The summed E-state index contributed by atoms with van der Waals surface area (Å²) in [6.07, 6.45) is 0.730. The van der Waals surface area contributed by atoms with E-state index in [-0.39, 0.29) is 10.9 Å². The highest BCUT2D eigenvalue weighted by atomic mass is 35.5. The molecule has 0 aliphatic carbocycles. The van der Waals surface area contributed by atoms with E-state index in [1.165, 1.54) is 0 Å². The van der Waals surface area contributed by atoms with Crippen molar-refractivity contribution in [3.8, 4) is 5.75 Å². The molecule has 0 aromatic heterocycles. The van der Waals surface area contributed by atoms with Crippen LogP contribution in [0.2, 0.25) is 5.02 Å². The first-order chi connectivity index (χ1) is 11.5. The number of thioether (sulfide) groups is 1. The van der Waals surface area contributed by atoms with Gasteiger partial charge in [0.15, 0.2) is 0 Å². The van der Waals surface area contributed by atoms with Crippen LogP contribution in [0.15, 0.2) is 52.3 Å². The number of rotatable bonds is 5. The number of hydrogen-bond acceptors (Lipinski definition) is 4. The van der Waals surface area contributed by atoms with E-state index in [0.29, 0.717) is 17.4 Å². The minimum absolute atomic E-state index is 0.229. The summed E-state index contributed by atoms with van der Waals surface area (Å²) in [4.78, 5) is 1.30. The molecule has 1 unspecified atom stereocenters. The summed E-state index contributed by atoms with van der Waals surface area (Å²) in [6.45, 7) is 2.43. The van der Waals surface area contributed by atoms with Crippen LogP contribution in [-0.2, 0) is 10.0 Å². The Morgan fingerprint density at radius 1 is 1.25 bits per heavy atom. The molecule has 7 heteroatoms. The maximum Gasteiger partial charge on any atom is 0.241 e. The van der Waals surface area contributed by atoms with Gasteiger partial charge >= 0.3 is 0 Å². The van der Waals surface area contributed by atoms with Gasteiger partial charge in [-0.05, 0) is 67.1 Å². The number of fused-ring (bicyclic) bond motifs is 1. The van der Waals surface area contributed by atoms with Gasteiger partial charge in [0.1, 0.15) is 5.75 Å². The van der Waals surface area contributed by atoms with E-state index in [2.05, 4.69) is 4.72 Å². The van der Waals surface area contributed by atoms with Crippen LogP contribution < -0.4 is 9.46 Å². The van der Waals surface area contributed by atoms with Gasteiger partial charge < -0.3 is 4.74 Å². The highest BCUT2D eigenvalue weighted by molar-refractivity contribution is 7.99. The molecule has 128 valence electrons. The minimum Gasteiger partial charge on any atom is -0.494 e. The summed E-state index contributed by atoms with van der Waals surface area (Å²) in [7, 11) is -3.61. The summed E-state index contributed by atoms with van der Waals surface area (Å²) >= 11 is 7.80. The van der Waals surface area contributed by atoms with Crippen molar-refractivity contribution < 1.29 is 13.2 Å². The van der Waals surface area contributed by atoms with Crippen LogP contribution in [0, 0.1) is 0 Å². The Morgan fingerprint density at radius 3 is 2.71 bits per heavy atom. The Bertz CT molecular complexity index is 822. The molecule has 1 N–H and O–H groups in total. The van der Waals surface area contributed by atoms with Gasteiger partial charge in [-0.15, -0.1) is 11.8 Å². The van der Waals surface area contributed by atoms with Crippen LogP contribution in [0.1, 0.15) is 24.9 Å². The standard InChI is InChI=1S/C17H18ClNO3S2/c1-2-22-13-4-6-14(7-5-13)24(20,21)19-16-9-10-23-17-8-3-12(18)11-15(16)17/h3-8,11,16,19H,2,9-10H2,1H3. The first-order valence-corrected chi connectivity index (χ1v) is 10.5. The topological polar surface area (TPSA) is 55.4 Å². The average Bonchev–Trinajstić information content (AvgIpc) is 2.56. The predicted molar refractivity (Wildman–Crippen MR) is 97.5 cm³/mol. The summed E-state index contributed by atoms with van der Waals surface area (Å²) in [6, 6.07) is 11.8. The summed E-state index contributed by atoms with van der Waals surface area (Å²) in [5, 5.41) is 0.613. The van der Waals surface area contributed by atoms with Gasteiger partial charge in [-0.2, -0.15) is 0 Å². The van der Waals surface area contributed by atoms with Crippen LogP contribution in [-0.4, -0.2) is 20.8 Å². The van der Waals surface area contributed by atoms with Crippen molar-refractivity contribution in [1.82, 2.24) is 4.72 Å². The molecule has 24 heavy (non-hydrogen) atoms. The molecule has 0 amide bonds. The zero-order chi connectivity index (χ0) is 17.2. The molecular weight excluding hydrogens is 366 g/mol. The fraction of sp³-hybridized carbons (Fsp3) is 0.294. The Hall–Kier alpha value is -1.21. The maximum atomic E-state index is 12.7. The summed E-state index contributed by atoms with van der Waals surface area (Å²) < 4.78 is 33.5. The van der Waals surface area contributed by atoms with Gasteiger partial charge in [0.2, 0.25) is 10.0 Å². The van der Waals surface area contributed by atoms with Crippen LogP contribution in [0.4, 0.5) is 0 Å². The van der Waals surface area contributed by atoms with E-state index in [9.17, 15) is 8.42 Å². The van der Waals surface area contributed by atoms with E-state index in [1.807, 2.05) is 25.1 Å². The molecule has 0 spiro atoms. The number of sulfonamides is 1. The van der Waals surface area contributed by atoms with Crippen molar-refractivity contribution >= 4 is 33.4 Å². The average molecular weight is 384 g/mol. The van der Waals surface area contributed by atoms with Crippen LogP contribution in [0.5, 0.6) is 5.75 Å². The fourth-order valence-corrected chi connectivity index (χ4v) is 5.16. The Balaban J connectivity index is 1.84. The molecule has 0 bridgehead atoms. The lowest BCUT2D eigenvalue weighted by molar-refractivity contribution is 0.340. The molecule has 0 radical (unpaired) electrons. The van der Waals surface area contributed by atoms with Crippen LogP contribution in [0.25, 0.3) is 0 Å². The lowest BCUT2D eigenvalue weighted by atomic mass is 10.1. The number of benzene rings is 2. The highest BCUT2D eigenvalue weighted by Gasteiger charge is 2.26. The summed E-state index contributed by atoms with van der Waals surface area (Å²) in [5.74, 6) is 1.52. The van der Waals surface area contributed by atoms with Gasteiger partial charge in [-0.3, -0.25) is 0 Å². The molecule has 2 aromatic rings. The molecule has 4 nitrogen and oxygen atoms in total.